The van der Waals surface area contributed by atoms with Gasteiger partial charge in [0, 0.05) is 0 Å². The summed E-state index contributed by atoms with van der Waals surface area (Å²) in [5.41, 5.74) is 5.00. The van der Waals surface area contributed by atoms with Crippen LogP contribution in [0.3, 0.4) is 0 Å². The standard InChI is InChI=1S/C12H12N4O4/c1-2-19-8-5-3-4-6-9(8)20-12-10(16(17)18)11(13)14-7-15-12/h3-7H,2H2,1H3,(H2,13,14,15). The number of anilines is 1. The molecule has 0 fully saturated rings. The Bertz CT molecular complexity index is 633. The van der Waals surface area contributed by atoms with Crippen molar-refractivity contribution in [3.05, 3.63) is 40.7 Å². The van der Waals surface area contributed by atoms with Gasteiger partial charge in [-0.25, -0.2) is 4.98 Å². The van der Waals surface area contributed by atoms with Crippen molar-refractivity contribution in [2.75, 3.05) is 12.3 Å². The van der Waals surface area contributed by atoms with Gasteiger partial charge in [0.2, 0.25) is 5.82 Å². The summed E-state index contributed by atoms with van der Waals surface area (Å²) in [5, 5.41) is 11.0. The topological polar surface area (TPSA) is 113 Å². The summed E-state index contributed by atoms with van der Waals surface area (Å²) in [4.78, 5) is 17.6. The molecule has 20 heavy (non-hydrogen) atoms. The highest BCUT2D eigenvalue weighted by Crippen LogP contribution is 2.36. The van der Waals surface area contributed by atoms with Gasteiger partial charge in [0.25, 0.3) is 0 Å². The molecule has 0 atom stereocenters. The molecule has 0 saturated heterocycles. The van der Waals surface area contributed by atoms with E-state index in [9.17, 15) is 10.1 Å². The molecule has 0 spiro atoms. The molecule has 2 N–H and O–H groups in total. The van der Waals surface area contributed by atoms with Crippen LogP contribution in [0, 0.1) is 10.1 Å². The van der Waals surface area contributed by atoms with Gasteiger partial charge < -0.3 is 15.2 Å². The van der Waals surface area contributed by atoms with Gasteiger partial charge in [-0.2, -0.15) is 4.98 Å². The van der Waals surface area contributed by atoms with Crippen LogP contribution in [-0.4, -0.2) is 21.5 Å². The first-order valence-electron chi connectivity index (χ1n) is 5.78. The number of nitrogens with two attached hydrogens (primary N) is 1. The molecule has 0 unspecified atom stereocenters. The van der Waals surface area contributed by atoms with Gasteiger partial charge in [-0.15, -0.1) is 0 Å². The van der Waals surface area contributed by atoms with E-state index in [0.717, 1.165) is 6.33 Å². The number of ether oxygens (including phenoxy) is 2. The quantitative estimate of drug-likeness (QED) is 0.657. The van der Waals surface area contributed by atoms with E-state index >= 15 is 0 Å². The molecule has 0 aliphatic rings. The summed E-state index contributed by atoms with van der Waals surface area (Å²) < 4.78 is 10.8. The van der Waals surface area contributed by atoms with E-state index in [1.54, 1.807) is 24.3 Å². The van der Waals surface area contributed by atoms with Gasteiger partial charge >= 0.3 is 11.6 Å². The number of nitrogens with zero attached hydrogens (tertiary/aromatic N) is 3. The Balaban J connectivity index is 2.40. The highest BCUT2D eigenvalue weighted by Gasteiger charge is 2.23. The van der Waals surface area contributed by atoms with Crippen molar-refractivity contribution in [3.8, 4) is 17.4 Å². The fourth-order valence-electron chi connectivity index (χ4n) is 1.54. The van der Waals surface area contributed by atoms with Gasteiger partial charge in [0.15, 0.2) is 11.5 Å². The van der Waals surface area contributed by atoms with Gasteiger partial charge in [-0.05, 0) is 19.1 Å². The number of nitro groups is 1. The zero-order valence-corrected chi connectivity index (χ0v) is 10.6. The Morgan fingerprint density at radius 3 is 2.65 bits per heavy atom. The first-order chi connectivity index (χ1) is 9.63. The number of hydrogen-bond acceptors (Lipinski definition) is 7. The Labute approximate surface area is 114 Å². The molecule has 8 nitrogen and oxygen atoms in total. The highest BCUT2D eigenvalue weighted by atomic mass is 16.6. The SMILES string of the molecule is CCOc1ccccc1Oc1ncnc(N)c1[N+](=O)[O-]. The van der Waals surface area contributed by atoms with Crippen LogP contribution in [-0.2, 0) is 0 Å². The molecule has 8 heteroatoms. The fraction of sp³-hybridized carbons (Fsp3) is 0.167. The summed E-state index contributed by atoms with van der Waals surface area (Å²) in [7, 11) is 0. The predicted molar refractivity (Wildman–Crippen MR) is 70.8 cm³/mol. The van der Waals surface area contributed by atoms with Crippen molar-refractivity contribution < 1.29 is 14.4 Å². The Morgan fingerprint density at radius 2 is 2.00 bits per heavy atom. The Hall–Kier alpha value is -2.90. The largest absolute Gasteiger partial charge is 0.490 e. The van der Waals surface area contributed by atoms with Crippen molar-refractivity contribution in [3.63, 3.8) is 0 Å². The van der Waals surface area contributed by atoms with Crippen LogP contribution in [0.25, 0.3) is 0 Å². The zero-order chi connectivity index (χ0) is 14.5. The number of nitrogen functional groups attached to an aromatic ring is 1. The number of para-hydroxylation sites is 2. The third-order valence-electron chi connectivity index (χ3n) is 2.36. The van der Waals surface area contributed by atoms with Crippen molar-refractivity contribution in [1.82, 2.24) is 9.97 Å². The van der Waals surface area contributed by atoms with E-state index in [2.05, 4.69) is 9.97 Å². The molecular weight excluding hydrogens is 264 g/mol. The molecule has 104 valence electrons. The molecule has 0 aliphatic heterocycles. The summed E-state index contributed by atoms with van der Waals surface area (Å²) in [6.07, 6.45) is 1.10. The van der Waals surface area contributed by atoms with E-state index in [-0.39, 0.29) is 11.7 Å². The number of hydrogen-bond donors (Lipinski definition) is 1. The Morgan fingerprint density at radius 1 is 1.30 bits per heavy atom. The molecule has 0 aliphatic carbocycles. The second-order valence-corrected chi connectivity index (χ2v) is 3.65. The summed E-state index contributed by atoms with van der Waals surface area (Å²) >= 11 is 0. The molecule has 0 amide bonds. The zero-order valence-electron chi connectivity index (χ0n) is 10.6. The van der Waals surface area contributed by atoms with Crippen LogP contribution < -0.4 is 15.2 Å². The van der Waals surface area contributed by atoms with E-state index in [0.29, 0.717) is 18.1 Å². The van der Waals surface area contributed by atoms with E-state index in [1.165, 1.54) is 0 Å². The third kappa shape index (κ3) is 2.74. The number of rotatable bonds is 5. The van der Waals surface area contributed by atoms with Crippen LogP contribution in [0.4, 0.5) is 11.5 Å². The monoisotopic (exact) mass is 276 g/mol. The first-order valence-corrected chi connectivity index (χ1v) is 5.78. The summed E-state index contributed by atoms with van der Waals surface area (Å²) in [5.74, 6) is 0.292. The van der Waals surface area contributed by atoms with Crippen molar-refractivity contribution >= 4 is 11.5 Å². The second kappa shape index (κ2) is 5.83. The van der Waals surface area contributed by atoms with E-state index < -0.39 is 10.6 Å². The molecule has 2 aromatic rings. The van der Waals surface area contributed by atoms with Crippen LogP contribution in [0.1, 0.15) is 6.92 Å². The molecule has 1 aromatic heterocycles. The van der Waals surface area contributed by atoms with E-state index in [4.69, 9.17) is 15.2 Å². The molecule has 2 rings (SSSR count). The molecule has 1 aromatic carbocycles. The smallest absolute Gasteiger partial charge is 0.372 e. The lowest BCUT2D eigenvalue weighted by molar-refractivity contribution is -0.385. The van der Waals surface area contributed by atoms with Crippen LogP contribution in [0.15, 0.2) is 30.6 Å². The lowest BCUT2D eigenvalue weighted by Crippen LogP contribution is -2.03. The average Bonchev–Trinajstić information content (AvgIpc) is 2.41. The predicted octanol–water partition coefficient (Wildman–Crippen LogP) is 2.16. The van der Waals surface area contributed by atoms with Crippen molar-refractivity contribution in [2.24, 2.45) is 0 Å². The number of benzene rings is 1. The maximum absolute atomic E-state index is 11.0. The lowest BCUT2D eigenvalue weighted by atomic mass is 10.3. The minimum absolute atomic E-state index is 0.227. The Kier molecular flexibility index (Phi) is 3.94. The van der Waals surface area contributed by atoms with Gasteiger partial charge in [0.1, 0.15) is 6.33 Å². The van der Waals surface area contributed by atoms with Gasteiger partial charge in [0.05, 0.1) is 11.5 Å². The van der Waals surface area contributed by atoms with Gasteiger partial charge in [-0.1, -0.05) is 12.1 Å². The second-order valence-electron chi connectivity index (χ2n) is 3.65. The fourth-order valence-corrected chi connectivity index (χ4v) is 1.54. The first kappa shape index (κ1) is 13.5. The summed E-state index contributed by atoms with van der Waals surface area (Å²) in [6, 6.07) is 6.79. The summed E-state index contributed by atoms with van der Waals surface area (Å²) in [6.45, 7) is 2.26. The van der Waals surface area contributed by atoms with Gasteiger partial charge in [-0.3, -0.25) is 10.1 Å². The number of aromatic nitrogens is 2. The molecular formula is C12H12N4O4. The maximum Gasteiger partial charge on any atom is 0.372 e. The van der Waals surface area contributed by atoms with Crippen molar-refractivity contribution in [1.29, 1.82) is 0 Å². The highest BCUT2D eigenvalue weighted by molar-refractivity contribution is 5.59. The lowest BCUT2D eigenvalue weighted by Gasteiger charge is -2.10. The van der Waals surface area contributed by atoms with E-state index in [1.807, 2.05) is 6.92 Å². The van der Waals surface area contributed by atoms with Crippen LogP contribution in [0.5, 0.6) is 17.4 Å². The molecule has 0 bridgehead atoms. The van der Waals surface area contributed by atoms with Crippen LogP contribution in [0.2, 0.25) is 0 Å². The normalized spacial score (nSPS) is 10.1. The third-order valence-corrected chi connectivity index (χ3v) is 2.36. The van der Waals surface area contributed by atoms with Crippen LogP contribution >= 0.6 is 0 Å². The molecule has 0 saturated carbocycles. The average molecular weight is 276 g/mol. The van der Waals surface area contributed by atoms with Crippen molar-refractivity contribution in [2.45, 2.75) is 6.92 Å². The molecule has 1 heterocycles. The maximum atomic E-state index is 11.0. The minimum Gasteiger partial charge on any atom is -0.490 e. The molecule has 0 radical (unpaired) electrons. The minimum atomic E-state index is -0.687.